The Morgan fingerprint density at radius 3 is 1.09 bits per heavy atom. The van der Waals surface area contributed by atoms with Crippen molar-refractivity contribution in [3.63, 3.8) is 0 Å². The third-order valence-corrected chi connectivity index (χ3v) is 10.1. The van der Waals surface area contributed by atoms with Crippen molar-refractivity contribution < 1.29 is 85.2 Å². The summed E-state index contributed by atoms with van der Waals surface area (Å²) in [6, 6.07) is 8.71. The first kappa shape index (κ1) is 57.0. The standard InChI is InChI=1S/C44H74N4O16/c1-34(49)59-28-42(3,37(51)56-25-23-47(10,11)21-19-45(6)7)30-61-40(54)63-32-44(5,39(53)58-27-36-17-15-14-16-18-36)33-64-41(55)62-31-43(4,29-60-35(2)50)38(52)57-26-24-48(12,13)22-20-46(8)9/h14-18H,19-33H2,1-13H3/q+2. The molecular formula is C44H74N4O16+2. The second-order valence-corrected chi connectivity index (χ2v) is 18.6. The highest BCUT2D eigenvalue weighted by Crippen LogP contribution is 2.25. The molecule has 2 atom stereocenters. The fourth-order valence-corrected chi connectivity index (χ4v) is 5.14. The smallest absolute Gasteiger partial charge is 0.465 e. The molecule has 0 radical (unpaired) electrons. The maximum absolute atomic E-state index is 13.6. The van der Waals surface area contributed by atoms with Gasteiger partial charge in [-0.15, -0.1) is 0 Å². The molecule has 0 heterocycles. The van der Waals surface area contributed by atoms with Gasteiger partial charge in [0.15, 0.2) is 0 Å². The van der Waals surface area contributed by atoms with Gasteiger partial charge in [0.1, 0.15) is 88.8 Å². The van der Waals surface area contributed by atoms with Gasteiger partial charge in [-0.2, -0.15) is 0 Å². The molecule has 0 N–H and O–H groups in total. The van der Waals surface area contributed by atoms with Gasteiger partial charge in [0.05, 0.1) is 41.3 Å². The quantitative estimate of drug-likeness (QED) is 0.0643. The zero-order valence-corrected chi connectivity index (χ0v) is 40.3. The van der Waals surface area contributed by atoms with Gasteiger partial charge in [-0.25, -0.2) is 9.59 Å². The number of nitrogens with zero attached hydrogens (tertiary/aromatic N) is 4. The van der Waals surface area contributed by atoms with Crippen LogP contribution in [0.3, 0.4) is 0 Å². The summed E-state index contributed by atoms with van der Waals surface area (Å²) in [5.41, 5.74) is -4.46. The van der Waals surface area contributed by atoms with Gasteiger partial charge in [-0.05, 0) is 54.5 Å². The number of likely N-dealkylation sites (N-methyl/N-ethyl adjacent to an activating group) is 4. The lowest BCUT2D eigenvalue weighted by molar-refractivity contribution is -0.889. The van der Waals surface area contributed by atoms with Crippen LogP contribution < -0.4 is 0 Å². The summed E-state index contributed by atoms with van der Waals surface area (Å²) in [4.78, 5) is 93.6. The Morgan fingerprint density at radius 2 is 0.781 bits per heavy atom. The number of hydrogen-bond donors (Lipinski definition) is 0. The fourth-order valence-electron chi connectivity index (χ4n) is 5.14. The predicted octanol–water partition coefficient (Wildman–Crippen LogP) is 2.54. The van der Waals surface area contributed by atoms with Crippen LogP contribution in [-0.2, 0) is 73.2 Å². The number of esters is 5. The number of carbonyl (C=O) groups excluding carboxylic acids is 7. The Hall–Kier alpha value is -5.05. The number of ether oxygens (including phenoxy) is 9. The number of benzene rings is 1. The van der Waals surface area contributed by atoms with Crippen molar-refractivity contribution in [1.82, 2.24) is 9.80 Å². The average Bonchev–Trinajstić information content (AvgIpc) is 3.22. The van der Waals surface area contributed by atoms with E-state index in [1.54, 1.807) is 30.3 Å². The van der Waals surface area contributed by atoms with Crippen LogP contribution in [0.25, 0.3) is 0 Å². The number of quaternary nitrogens is 2. The van der Waals surface area contributed by atoms with E-state index in [-0.39, 0.29) is 19.8 Å². The monoisotopic (exact) mass is 915 g/mol. The van der Waals surface area contributed by atoms with Crippen LogP contribution in [0.5, 0.6) is 0 Å². The topological polar surface area (TPSA) is 209 Å². The molecule has 0 aliphatic rings. The van der Waals surface area contributed by atoms with Gasteiger partial charge in [0, 0.05) is 26.9 Å². The first-order valence-electron chi connectivity index (χ1n) is 21.0. The SMILES string of the molecule is CC(=O)OCC(C)(COC(=O)OCC(C)(COC(=O)OCC(C)(COC(C)=O)C(=O)OCC[N+](C)(C)CCN(C)C)C(=O)OCc1ccccc1)C(=O)OCC[N+](C)(C)CCN(C)C. The van der Waals surface area contributed by atoms with Gasteiger partial charge in [-0.3, -0.25) is 24.0 Å². The first-order valence-corrected chi connectivity index (χ1v) is 21.0. The molecule has 1 rings (SSSR count). The van der Waals surface area contributed by atoms with Crippen molar-refractivity contribution in [3.8, 4) is 0 Å². The third kappa shape index (κ3) is 23.0. The van der Waals surface area contributed by atoms with E-state index in [0.717, 1.165) is 40.0 Å². The minimum Gasteiger partial charge on any atom is -0.465 e. The molecule has 64 heavy (non-hydrogen) atoms. The van der Waals surface area contributed by atoms with E-state index in [1.807, 2.05) is 66.2 Å². The van der Waals surface area contributed by atoms with Gasteiger partial charge in [0.25, 0.3) is 0 Å². The second kappa shape index (κ2) is 26.7. The summed E-state index contributed by atoms with van der Waals surface area (Å²) >= 11 is 0. The van der Waals surface area contributed by atoms with Crippen molar-refractivity contribution in [1.29, 1.82) is 0 Å². The van der Waals surface area contributed by atoms with Gasteiger partial charge in [0.2, 0.25) is 0 Å². The number of rotatable bonds is 29. The van der Waals surface area contributed by atoms with E-state index in [0.29, 0.717) is 27.6 Å². The highest BCUT2D eigenvalue weighted by Gasteiger charge is 2.43. The van der Waals surface area contributed by atoms with E-state index in [2.05, 4.69) is 0 Å². The molecule has 364 valence electrons. The molecule has 0 bridgehead atoms. The van der Waals surface area contributed by atoms with Gasteiger partial charge in [-0.1, -0.05) is 30.3 Å². The van der Waals surface area contributed by atoms with Crippen molar-refractivity contribution in [2.24, 2.45) is 16.2 Å². The molecular weight excluding hydrogens is 840 g/mol. The second-order valence-electron chi connectivity index (χ2n) is 18.6. The fraction of sp³-hybridized carbons (Fsp3) is 0.705. The molecule has 0 aromatic heterocycles. The molecule has 0 saturated heterocycles. The number of carbonyl (C=O) groups is 7. The minimum absolute atomic E-state index is 0.0379. The maximum Gasteiger partial charge on any atom is 0.508 e. The van der Waals surface area contributed by atoms with E-state index >= 15 is 0 Å². The molecule has 0 aliphatic heterocycles. The lowest BCUT2D eigenvalue weighted by atomic mass is 9.93. The van der Waals surface area contributed by atoms with Crippen molar-refractivity contribution in [3.05, 3.63) is 35.9 Å². The van der Waals surface area contributed by atoms with Crippen molar-refractivity contribution in [2.75, 3.05) is 149 Å². The molecule has 2 unspecified atom stereocenters. The van der Waals surface area contributed by atoms with Crippen LogP contribution in [0.4, 0.5) is 9.59 Å². The zero-order chi connectivity index (χ0) is 48.8. The zero-order valence-electron chi connectivity index (χ0n) is 40.3. The molecule has 20 heteroatoms. The largest absolute Gasteiger partial charge is 0.508 e. The van der Waals surface area contributed by atoms with Crippen LogP contribution in [-0.4, -0.2) is 209 Å². The van der Waals surface area contributed by atoms with Crippen molar-refractivity contribution >= 4 is 42.2 Å². The lowest BCUT2D eigenvalue weighted by Crippen LogP contribution is -2.47. The Morgan fingerprint density at radius 1 is 0.469 bits per heavy atom. The third-order valence-electron chi connectivity index (χ3n) is 10.1. The Labute approximate surface area is 378 Å². The molecule has 0 fully saturated rings. The van der Waals surface area contributed by atoms with Crippen LogP contribution in [0.1, 0.15) is 40.2 Å². The summed E-state index contributed by atoms with van der Waals surface area (Å²) in [6.45, 7) is 6.82. The van der Waals surface area contributed by atoms with Gasteiger partial charge >= 0.3 is 42.2 Å². The molecule has 0 amide bonds. The normalized spacial score (nSPS) is 14.5. The van der Waals surface area contributed by atoms with E-state index < -0.39 is 98.0 Å². The van der Waals surface area contributed by atoms with Crippen LogP contribution in [0.15, 0.2) is 30.3 Å². The van der Waals surface area contributed by atoms with E-state index in [4.69, 9.17) is 42.6 Å². The van der Waals surface area contributed by atoms with Crippen LogP contribution in [0, 0.1) is 16.2 Å². The summed E-state index contributed by atoms with van der Waals surface area (Å²) in [5.74, 6) is -3.85. The van der Waals surface area contributed by atoms with E-state index in [1.165, 1.54) is 20.8 Å². The molecule has 0 saturated carbocycles. The molecule has 20 nitrogen and oxygen atoms in total. The molecule has 0 spiro atoms. The minimum atomic E-state index is -1.85. The summed E-state index contributed by atoms with van der Waals surface area (Å²) < 4.78 is 49.1. The lowest BCUT2D eigenvalue weighted by Gasteiger charge is -2.32. The summed E-state index contributed by atoms with van der Waals surface area (Å²) in [7, 11) is 15.8. The Balaban J connectivity index is 3.08. The van der Waals surface area contributed by atoms with E-state index in [9.17, 15) is 33.6 Å². The molecule has 1 aromatic rings. The van der Waals surface area contributed by atoms with Crippen LogP contribution in [0.2, 0.25) is 0 Å². The highest BCUT2D eigenvalue weighted by molar-refractivity contribution is 5.79. The summed E-state index contributed by atoms with van der Waals surface area (Å²) in [6.07, 6.45) is -2.62. The highest BCUT2D eigenvalue weighted by atomic mass is 16.7. The molecule has 0 aliphatic carbocycles. The summed E-state index contributed by atoms with van der Waals surface area (Å²) in [5, 5.41) is 0. The van der Waals surface area contributed by atoms with Gasteiger partial charge < -0.3 is 61.4 Å². The Bertz CT molecular complexity index is 1580. The first-order chi connectivity index (χ1) is 29.6. The maximum atomic E-state index is 13.6. The number of hydrogen-bond acceptors (Lipinski definition) is 18. The molecule has 1 aromatic carbocycles. The van der Waals surface area contributed by atoms with Crippen LogP contribution >= 0.6 is 0 Å². The predicted molar refractivity (Wildman–Crippen MR) is 231 cm³/mol. The average molecular weight is 915 g/mol. The Kier molecular flexibility index (Phi) is 23.7. The van der Waals surface area contributed by atoms with Crippen molar-refractivity contribution in [2.45, 2.75) is 41.2 Å².